The van der Waals surface area contributed by atoms with E-state index in [-0.39, 0.29) is 11.8 Å². The first-order valence-electron chi connectivity index (χ1n) is 9.77. The molecule has 0 radical (unpaired) electrons. The largest absolute Gasteiger partial charge is 0.423 e. The number of unbranched alkanes of at least 4 members (excludes halogenated alkanes) is 2. The van der Waals surface area contributed by atoms with Crippen molar-refractivity contribution in [1.29, 1.82) is 0 Å². The monoisotopic (exact) mass is 436 g/mol. The minimum atomic E-state index is -0.534. The summed E-state index contributed by atoms with van der Waals surface area (Å²) < 4.78 is 5.31. The van der Waals surface area contributed by atoms with Crippen LogP contribution in [0.3, 0.4) is 0 Å². The maximum atomic E-state index is 12.5. The Kier molecular flexibility index (Phi) is 9.29. The van der Waals surface area contributed by atoms with Gasteiger partial charge in [0.05, 0.1) is 5.56 Å². The van der Waals surface area contributed by atoms with E-state index in [0.717, 1.165) is 38.8 Å². The van der Waals surface area contributed by atoms with Crippen molar-refractivity contribution in [1.82, 2.24) is 4.90 Å². The van der Waals surface area contributed by atoms with E-state index >= 15 is 0 Å². The smallest absolute Gasteiger partial charge is 0.343 e. The van der Waals surface area contributed by atoms with E-state index in [9.17, 15) is 9.59 Å². The molecule has 7 heteroatoms. The fourth-order valence-corrected chi connectivity index (χ4v) is 3.16. The number of benzene rings is 2. The molecule has 156 valence electrons. The van der Waals surface area contributed by atoms with E-state index in [2.05, 4.69) is 19.2 Å². The summed E-state index contributed by atoms with van der Waals surface area (Å²) in [4.78, 5) is 26.7. The van der Waals surface area contributed by atoms with Gasteiger partial charge in [-0.05, 0) is 55.3 Å². The first-order chi connectivity index (χ1) is 13.9. The maximum Gasteiger partial charge on any atom is 0.343 e. The van der Waals surface area contributed by atoms with Gasteiger partial charge in [0, 0.05) is 28.8 Å². The minimum Gasteiger partial charge on any atom is -0.423 e. The molecule has 2 amide bonds. The van der Waals surface area contributed by atoms with Gasteiger partial charge in [-0.2, -0.15) is 0 Å². The van der Waals surface area contributed by atoms with Crippen molar-refractivity contribution in [2.24, 2.45) is 0 Å². The SMILES string of the molecule is CCCCN(CCCC)C(=O)Nc1ccc(C(=O)Oc2cc(Cl)cc(Cl)c2)cc1. The zero-order chi connectivity index (χ0) is 21.2. The molecule has 5 nitrogen and oxygen atoms in total. The Hall–Kier alpha value is -2.24. The number of esters is 1. The summed E-state index contributed by atoms with van der Waals surface area (Å²) in [5, 5.41) is 3.66. The van der Waals surface area contributed by atoms with Crippen molar-refractivity contribution < 1.29 is 14.3 Å². The Balaban J connectivity index is 1.99. The lowest BCUT2D eigenvalue weighted by molar-refractivity contribution is 0.0735. The van der Waals surface area contributed by atoms with Crippen LogP contribution in [0, 0.1) is 0 Å². The molecule has 0 atom stereocenters. The number of anilines is 1. The van der Waals surface area contributed by atoms with Crippen molar-refractivity contribution in [2.75, 3.05) is 18.4 Å². The molecule has 0 unspecified atom stereocenters. The summed E-state index contributed by atoms with van der Waals surface area (Å²) in [6.45, 7) is 5.67. The van der Waals surface area contributed by atoms with Crippen molar-refractivity contribution in [3.05, 3.63) is 58.1 Å². The highest BCUT2D eigenvalue weighted by Crippen LogP contribution is 2.25. The van der Waals surface area contributed by atoms with Crippen molar-refractivity contribution in [3.8, 4) is 5.75 Å². The molecule has 0 bridgehead atoms. The maximum absolute atomic E-state index is 12.5. The Morgan fingerprint density at radius 1 is 0.931 bits per heavy atom. The van der Waals surface area contributed by atoms with Gasteiger partial charge in [0.15, 0.2) is 0 Å². The number of urea groups is 1. The van der Waals surface area contributed by atoms with E-state index in [1.165, 1.54) is 12.1 Å². The molecule has 2 aromatic carbocycles. The standard InChI is InChI=1S/C22H26Cl2N2O3/c1-3-5-11-26(12-6-4-2)22(28)25-19-9-7-16(8-10-19)21(27)29-20-14-17(23)13-18(24)15-20/h7-10,13-15H,3-6,11-12H2,1-2H3,(H,25,28). The Morgan fingerprint density at radius 2 is 1.48 bits per heavy atom. The van der Waals surface area contributed by atoms with Crippen LogP contribution in [-0.2, 0) is 0 Å². The number of hydrogen-bond acceptors (Lipinski definition) is 3. The second-order valence-electron chi connectivity index (χ2n) is 6.70. The topological polar surface area (TPSA) is 58.6 Å². The van der Waals surface area contributed by atoms with Gasteiger partial charge < -0.3 is 15.0 Å². The number of nitrogens with zero attached hydrogens (tertiary/aromatic N) is 1. The lowest BCUT2D eigenvalue weighted by atomic mass is 10.2. The van der Waals surface area contributed by atoms with Crippen LogP contribution in [0.25, 0.3) is 0 Å². The number of ether oxygens (including phenoxy) is 1. The summed E-state index contributed by atoms with van der Waals surface area (Å²) in [5.41, 5.74) is 0.975. The van der Waals surface area contributed by atoms with Crippen LogP contribution >= 0.6 is 23.2 Å². The van der Waals surface area contributed by atoms with Crippen molar-refractivity contribution in [3.63, 3.8) is 0 Å². The third-order valence-electron chi connectivity index (χ3n) is 4.27. The second-order valence-corrected chi connectivity index (χ2v) is 7.57. The number of rotatable bonds is 9. The van der Waals surface area contributed by atoms with E-state index in [1.54, 1.807) is 30.3 Å². The molecule has 1 N–H and O–H groups in total. The van der Waals surface area contributed by atoms with E-state index in [0.29, 0.717) is 21.3 Å². The number of halogens is 2. The Morgan fingerprint density at radius 3 is 2.00 bits per heavy atom. The highest BCUT2D eigenvalue weighted by Gasteiger charge is 2.14. The lowest BCUT2D eigenvalue weighted by Gasteiger charge is -2.22. The molecule has 0 saturated heterocycles. The van der Waals surface area contributed by atoms with Gasteiger partial charge in [0.25, 0.3) is 0 Å². The van der Waals surface area contributed by atoms with Crippen molar-refractivity contribution in [2.45, 2.75) is 39.5 Å². The molecule has 0 aliphatic rings. The fraction of sp³-hybridized carbons (Fsp3) is 0.364. The van der Waals surface area contributed by atoms with Gasteiger partial charge in [-0.3, -0.25) is 0 Å². The minimum absolute atomic E-state index is 0.129. The number of carbonyl (C=O) groups is 2. The van der Waals surface area contributed by atoms with Gasteiger partial charge in [-0.25, -0.2) is 9.59 Å². The molecule has 0 spiro atoms. The van der Waals surface area contributed by atoms with Crippen LogP contribution < -0.4 is 10.1 Å². The highest BCUT2D eigenvalue weighted by molar-refractivity contribution is 6.34. The summed E-state index contributed by atoms with van der Waals surface area (Å²) >= 11 is 11.8. The van der Waals surface area contributed by atoms with Gasteiger partial charge >= 0.3 is 12.0 Å². The average molecular weight is 437 g/mol. The molecule has 0 heterocycles. The van der Waals surface area contributed by atoms with Gasteiger partial charge in [0.2, 0.25) is 0 Å². The van der Waals surface area contributed by atoms with E-state index < -0.39 is 5.97 Å². The van der Waals surface area contributed by atoms with Crippen LogP contribution in [0.15, 0.2) is 42.5 Å². The predicted molar refractivity (Wildman–Crippen MR) is 118 cm³/mol. The molecular weight excluding hydrogens is 411 g/mol. The Bertz CT molecular complexity index is 797. The number of hydrogen-bond donors (Lipinski definition) is 1. The van der Waals surface area contributed by atoms with Crippen LogP contribution in [0.5, 0.6) is 5.75 Å². The van der Waals surface area contributed by atoms with Crippen LogP contribution in [-0.4, -0.2) is 30.0 Å². The number of carbonyl (C=O) groups excluding carboxylic acids is 2. The van der Waals surface area contributed by atoms with Gasteiger partial charge in [-0.1, -0.05) is 49.9 Å². The lowest BCUT2D eigenvalue weighted by Crippen LogP contribution is -2.36. The van der Waals surface area contributed by atoms with E-state index in [4.69, 9.17) is 27.9 Å². The van der Waals surface area contributed by atoms with Gasteiger partial charge in [-0.15, -0.1) is 0 Å². The van der Waals surface area contributed by atoms with E-state index in [1.807, 2.05) is 4.90 Å². The third-order valence-corrected chi connectivity index (χ3v) is 4.71. The summed E-state index contributed by atoms with van der Waals surface area (Å²) in [6.07, 6.45) is 4.00. The van der Waals surface area contributed by atoms with Crippen LogP contribution in [0.1, 0.15) is 49.9 Å². The summed E-state index contributed by atoms with van der Waals surface area (Å²) in [6, 6.07) is 11.0. The quantitative estimate of drug-likeness (QED) is 0.353. The molecule has 0 aliphatic heterocycles. The van der Waals surface area contributed by atoms with Crippen molar-refractivity contribution >= 4 is 40.9 Å². The molecular formula is C22H26Cl2N2O3. The predicted octanol–water partition coefficient (Wildman–Crippen LogP) is 6.65. The zero-order valence-corrected chi connectivity index (χ0v) is 18.2. The molecule has 29 heavy (non-hydrogen) atoms. The molecule has 2 aromatic rings. The van der Waals surface area contributed by atoms with Crippen LogP contribution in [0.2, 0.25) is 10.0 Å². The molecule has 0 saturated carbocycles. The zero-order valence-electron chi connectivity index (χ0n) is 16.7. The third kappa shape index (κ3) is 7.59. The fourth-order valence-electron chi connectivity index (χ4n) is 2.66. The average Bonchev–Trinajstić information content (AvgIpc) is 2.67. The van der Waals surface area contributed by atoms with Crippen LogP contribution in [0.4, 0.5) is 10.5 Å². The molecule has 2 rings (SSSR count). The normalized spacial score (nSPS) is 10.5. The molecule has 0 fully saturated rings. The second kappa shape index (κ2) is 11.7. The first kappa shape index (κ1) is 23.0. The summed E-state index contributed by atoms with van der Waals surface area (Å²) in [5.74, 6) is -0.263. The molecule has 0 aromatic heterocycles. The summed E-state index contributed by atoms with van der Waals surface area (Å²) in [7, 11) is 0. The Labute approximate surface area is 181 Å². The number of nitrogens with one attached hydrogen (secondary N) is 1. The first-order valence-corrected chi connectivity index (χ1v) is 10.5. The number of amides is 2. The van der Waals surface area contributed by atoms with Gasteiger partial charge in [0.1, 0.15) is 5.75 Å². The highest BCUT2D eigenvalue weighted by atomic mass is 35.5. The molecule has 0 aliphatic carbocycles.